The van der Waals surface area contributed by atoms with Crippen LogP contribution in [0.4, 0.5) is 5.69 Å². The zero-order chi connectivity index (χ0) is 27.1. The molecule has 0 aromatic heterocycles. The van der Waals surface area contributed by atoms with Crippen LogP contribution in [0.15, 0.2) is 71.2 Å². The van der Waals surface area contributed by atoms with Crippen LogP contribution >= 0.6 is 39.1 Å². The van der Waals surface area contributed by atoms with E-state index >= 15 is 0 Å². The van der Waals surface area contributed by atoms with E-state index in [9.17, 15) is 14.4 Å². The van der Waals surface area contributed by atoms with E-state index in [1.807, 2.05) is 56.0 Å². The number of hydrogen-bond donors (Lipinski definition) is 0. The molecule has 3 aromatic rings. The fourth-order valence-corrected chi connectivity index (χ4v) is 7.39. The van der Waals surface area contributed by atoms with Crippen molar-refractivity contribution in [1.29, 1.82) is 0 Å². The number of anilines is 1. The van der Waals surface area contributed by atoms with Crippen LogP contribution in [-0.4, -0.2) is 29.4 Å². The van der Waals surface area contributed by atoms with Crippen molar-refractivity contribution in [3.63, 3.8) is 0 Å². The highest BCUT2D eigenvalue weighted by atomic mass is 79.9. The average molecular weight is 609 g/mol. The van der Waals surface area contributed by atoms with Crippen LogP contribution < -0.4 is 4.90 Å². The quantitative estimate of drug-likeness (QED) is 0.279. The molecule has 2 heterocycles. The van der Waals surface area contributed by atoms with Gasteiger partial charge in [-0.05, 0) is 41.5 Å². The Hall–Kier alpha value is -2.73. The van der Waals surface area contributed by atoms with Gasteiger partial charge >= 0.3 is 0 Å². The maximum atomic E-state index is 14.6. The number of hydrogen-bond acceptors (Lipinski definition) is 4. The summed E-state index contributed by atoms with van der Waals surface area (Å²) in [7, 11) is 0. The molecule has 1 aliphatic carbocycles. The Labute approximate surface area is 239 Å². The molecule has 1 saturated heterocycles. The van der Waals surface area contributed by atoms with Crippen LogP contribution in [-0.2, 0) is 4.79 Å². The molecule has 0 bridgehead atoms. The first-order valence-electron chi connectivity index (χ1n) is 12.4. The molecule has 2 aliphatic heterocycles. The monoisotopic (exact) mass is 607 g/mol. The number of halogens is 3. The summed E-state index contributed by atoms with van der Waals surface area (Å²) in [5.41, 5.74) is 0.690. The summed E-state index contributed by atoms with van der Waals surface area (Å²) in [6.07, 6.45) is 3.85. The predicted octanol–water partition coefficient (Wildman–Crippen LogP) is 7.80. The van der Waals surface area contributed by atoms with Crippen molar-refractivity contribution in [2.75, 3.05) is 4.90 Å². The molecule has 4 nitrogen and oxygen atoms in total. The Morgan fingerprint density at radius 3 is 2.21 bits per heavy atom. The van der Waals surface area contributed by atoms with Gasteiger partial charge in [-0.2, -0.15) is 0 Å². The predicted molar refractivity (Wildman–Crippen MR) is 154 cm³/mol. The second-order valence-electron chi connectivity index (χ2n) is 11.2. The molecule has 7 heteroatoms. The average Bonchev–Trinajstić information content (AvgIpc) is 3.29. The number of rotatable bonds is 2. The summed E-state index contributed by atoms with van der Waals surface area (Å²) < 4.78 is 0.893. The number of carbonyl (C=O) groups is 3. The fourth-order valence-electron chi connectivity index (χ4n) is 6.49. The molecule has 0 unspecified atom stereocenters. The van der Waals surface area contributed by atoms with Gasteiger partial charge in [0.2, 0.25) is 0 Å². The van der Waals surface area contributed by atoms with Crippen LogP contribution in [0, 0.1) is 10.8 Å². The third kappa shape index (κ3) is 3.38. The van der Waals surface area contributed by atoms with Crippen molar-refractivity contribution in [1.82, 2.24) is 0 Å². The number of nitrogens with zero attached hydrogens (tertiary/aromatic N) is 1. The van der Waals surface area contributed by atoms with Crippen molar-refractivity contribution in [2.24, 2.45) is 10.8 Å². The summed E-state index contributed by atoms with van der Waals surface area (Å²) in [6.45, 7) is 5.60. The lowest BCUT2D eigenvalue weighted by Gasteiger charge is -2.38. The molecule has 1 fully saturated rings. The molecule has 0 saturated carbocycles. The third-order valence-corrected chi connectivity index (χ3v) is 9.13. The Morgan fingerprint density at radius 2 is 1.61 bits per heavy atom. The first-order valence-corrected chi connectivity index (χ1v) is 14.0. The van der Waals surface area contributed by atoms with Crippen molar-refractivity contribution < 1.29 is 14.4 Å². The zero-order valence-electron chi connectivity index (χ0n) is 21.0. The van der Waals surface area contributed by atoms with Gasteiger partial charge in [0.1, 0.15) is 5.41 Å². The Kier molecular flexibility index (Phi) is 5.81. The smallest absolute Gasteiger partial charge is 0.180 e. The minimum absolute atomic E-state index is 0.0730. The minimum Gasteiger partial charge on any atom is -0.352 e. The lowest BCUT2D eigenvalue weighted by Crippen LogP contribution is -2.49. The largest absolute Gasteiger partial charge is 0.352 e. The van der Waals surface area contributed by atoms with Crippen molar-refractivity contribution >= 4 is 68.2 Å². The Balaban J connectivity index is 1.72. The minimum atomic E-state index is -1.58. The summed E-state index contributed by atoms with van der Waals surface area (Å²) >= 11 is 16.6. The standard InChI is InChI=1S/C31H24BrCl2NO3/c1-30(2,3)29(38)26-25(21-11-10-18(33)15-22(21)34)31(27(36)19-6-4-5-7-20(19)28(31)37)24-13-8-16-14-17(32)9-12-23(16)35(24)26/h4-15,24-26H,1-3H3/t24-,25+,26-/m0/s1. The van der Waals surface area contributed by atoms with Gasteiger partial charge in [0, 0.05) is 42.7 Å². The Morgan fingerprint density at radius 1 is 0.947 bits per heavy atom. The molecule has 0 radical (unpaired) electrons. The third-order valence-electron chi connectivity index (χ3n) is 8.07. The normalized spacial score (nSPS) is 23.0. The molecule has 0 N–H and O–H groups in total. The topological polar surface area (TPSA) is 54.5 Å². The van der Waals surface area contributed by atoms with E-state index in [1.165, 1.54) is 0 Å². The Bertz CT molecular complexity index is 1550. The highest BCUT2D eigenvalue weighted by Gasteiger charge is 2.72. The molecular formula is C31H24BrCl2NO3. The van der Waals surface area contributed by atoms with Gasteiger partial charge in [0.05, 0.1) is 12.1 Å². The van der Waals surface area contributed by atoms with Gasteiger partial charge in [-0.3, -0.25) is 14.4 Å². The van der Waals surface area contributed by atoms with Gasteiger partial charge < -0.3 is 4.90 Å². The molecule has 3 aromatic carbocycles. The zero-order valence-corrected chi connectivity index (χ0v) is 24.1. The highest BCUT2D eigenvalue weighted by Crippen LogP contribution is 2.62. The number of fused-ring (bicyclic) bond motifs is 5. The number of carbonyl (C=O) groups excluding carboxylic acids is 3. The summed E-state index contributed by atoms with van der Waals surface area (Å²) in [5.74, 6) is -1.47. The van der Waals surface area contributed by atoms with Crippen molar-refractivity contribution in [3.05, 3.63) is 104 Å². The van der Waals surface area contributed by atoms with Crippen LogP contribution in [0.25, 0.3) is 6.08 Å². The molecule has 38 heavy (non-hydrogen) atoms. The van der Waals surface area contributed by atoms with Gasteiger partial charge in [-0.1, -0.05) is 102 Å². The highest BCUT2D eigenvalue weighted by molar-refractivity contribution is 9.10. The van der Waals surface area contributed by atoms with Crippen LogP contribution in [0.1, 0.15) is 58.5 Å². The number of Topliss-reactive ketones (excluding diaryl/α,β-unsaturated/α-hetero) is 3. The van der Waals surface area contributed by atoms with E-state index in [0.717, 1.165) is 15.7 Å². The SMILES string of the molecule is CC(C)(C)C(=O)[C@@H]1[C@@H](c2ccc(Cl)cc2Cl)C2(C(=O)c3ccccc3C2=O)[C@@H]2C=Cc3cc(Br)ccc3N12. The summed E-state index contributed by atoms with van der Waals surface area (Å²) in [6, 6.07) is 16.3. The van der Waals surface area contributed by atoms with Crippen molar-refractivity contribution in [2.45, 2.75) is 38.8 Å². The van der Waals surface area contributed by atoms with E-state index < -0.39 is 28.8 Å². The first kappa shape index (κ1) is 25.5. The first-order chi connectivity index (χ1) is 18.0. The van der Waals surface area contributed by atoms with E-state index in [0.29, 0.717) is 26.7 Å². The lowest BCUT2D eigenvalue weighted by atomic mass is 9.63. The molecule has 0 amide bonds. The number of ketones is 3. The van der Waals surface area contributed by atoms with E-state index in [2.05, 4.69) is 15.9 Å². The molecule has 192 valence electrons. The summed E-state index contributed by atoms with van der Waals surface area (Å²) in [4.78, 5) is 45.5. The molecular weight excluding hydrogens is 585 g/mol. The second-order valence-corrected chi connectivity index (χ2v) is 12.9. The van der Waals surface area contributed by atoms with Gasteiger partial charge in [-0.25, -0.2) is 0 Å². The lowest BCUT2D eigenvalue weighted by molar-refractivity contribution is -0.127. The van der Waals surface area contributed by atoms with Crippen LogP contribution in [0.2, 0.25) is 10.0 Å². The second kappa shape index (κ2) is 8.64. The van der Waals surface area contributed by atoms with Gasteiger partial charge in [0.15, 0.2) is 17.3 Å². The van der Waals surface area contributed by atoms with Crippen LogP contribution in [0.5, 0.6) is 0 Å². The molecule has 3 aliphatic rings. The van der Waals surface area contributed by atoms with Gasteiger partial charge in [0.25, 0.3) is 0 Å². The maximum absolute atomic E-state index is 14.6. The molecule has 6 rings (SSSR count). The van der Waals surface area contributed by atoms with Crippen molar-refractivity contribution in [3.8, 4) is 0 Å². The van der Waals surface area contributed by atoms with Gasteiger partial charge in [-0.15, -0.1) is 0 Å². The van der Waals surface area contributed by atoms with E-state index in [-0.39, 0.29) is 17.3 Å². The van der Waals surface area contributed by atoms with E-state index in [1.54, 1.807) is 42.5 Å². The fraction of sp³-hybridized carbons (Fsp3) is 0.258. The maximum Gasteiger partial charge on any atom is 0.180 e. The van der Waals surface area contributed by atoms with E-state index in [4.69, 9.17) is 23.2 Å². The van der Waals surface area contributed by atoms with Crippen LogP contribution in [0.3, 0.4) is 0 Å². The number of benzene rings is 3. The molecule has 1 spiro atoms. The molecule has 3 atom stereocenters. The summed E-state index contributed by atoms with van der Waals surface area (Å²) in [5, 5.41) is 0.759.